The van der Waals surface area contributed by atoms with Crippen molar-refractivity contribution in [2.45, 2.75) is 20.4 Å². The van der Waals surface area contributed by atoms with Crippen LogP contribution in [0.5, 0.6) is 0 Å². The maximum Gasteiger partial charge on any atom is 0.241 e. The summed E-state index contributed by atoms with van der Waals surface area (Å²) in [7, 11) is 0. The molecular weight excluding hydrogens is 376 g/mol. The van der Waals surface area contributed by atoms with E-state index in [-0.39, 0.29) is 0 Å². The normalized spacial score (nSPS) is 15.1. The van der Waals surface area contributed by atoms with Crippen LogP contribution in [0.2, 0.25) is 0 Å². The molecule has 0 bridgehead atoms. The lowest BCUT2D eigenvalue weighted by molar-refractivity contribution is 0.215. The summed E-state index contributed by atoms with van der Waals surface area (Å²) < 4.78 is 5.49. The molecule has 0 radical (unpaired) electrons. The molecule has 152 valence electrons. The van der Waals surface area contributed by atoms with Gasteiger partial charge in [-0.2, -0.15) is 4.98 Å². The first-order chi connectivity index (χ1) is 14.7. The van der Waals surface area contributed by atoms with Crippen LogP contribution < -0.4 is 4.90 Å². The molecule has 2 aromatic carbocycles. The molecule has 30 heavy (non-hydrogen) atoms. The molecule has 0 N–H and O–H groups in total. The molecule has 1 aliphatic rings. The van der Waals surface area contributed by atoms with Gasteiger partial charge in [0.05, 0.1) is 23.3 Å². The molecule has 0 amide bonds. The van der Waals surface area contributed by atoms with E-state index in [0.29, 0.717) is 18.3 Å². The highest BCUT2D eigenvalue weighted by molar-refractivity contribution is 5.76. The third-order valence-corrected chi connectivity index (χ3v) is 5.53. The number of aryl methyl sites for hydroxylation is 2. The molecule has 1 fully saturated rings. The average Bonchev–Trinajstić information content (AvgIpc) is 3.23. The minimum atomic E-state index is 0.644. The third kappa shape index (κ3) is 3.76. The number of piperazine rings is 1. The second-order valence-electron chi connectivity index (χ2n) is 7.76. The van der Waals surface area contributed by atoms with E-state index in [1.54, 1.807) is 0 Å². The van der Waals surface area contributed by atoms with Crippen LogP contribution in [0.3, 0.4) is 0 Å². The van der Waals surface area contributed by atoms with E-state index in [0.717, 1.165) is 54.3 Å². The van der Waals surface area contributed by atoms with Gasteiger partial charge in [-0.1, -0.05) is 47.1 Å². The molecule has 4 aromatic rings. The Labute approximate surface area is 175 Å². The van der Waals surface area contributed by atoms with Crippen LogP contribution in [-0.2, 0) is 6.54 Å². The van der Waals surface area contributed by atoms with Gasteiger partial charge in [0, 0.05) is 31.7 Å². The molecule has 1 aliphatic heterocycles. The van der Waals surface area contributed by atoms with E-state index in [4.69, 9.17) is 14.5 Å². The SMILES string of the molecule is Cc1ccc(-c2noc(CN3CCN(c4nc5ccccc5nc4C)CC3)n2)cc1. The molecule has 0 saturated carbocycles. The van der Waals surface area contributed by atoms with Gasteiger partial charge in [0.2, 0.25) is 11.7 Å². The van der Waals surface area contributed by atoms with Crippen LogP contribution in [0.1, 0.15) is 17.1 Å². The van der Waals surface area contributed by atoms with Gasteiger partial charge in [0.1, 0.15) is 0 Å². The van der Waals surface area contributed by atoms with Gasteiger partial charge in [-0.3, -0.25) is 4.90 Å². The van der Waals surface area contributed by atoms with Gasteiger partial charge in [0.25, 0.3) is 0 Å². The molecule has 0 unspecified atom stereocenters. The summed E-state index contributed by atoms with van der Waals surface area (Å²) in [4.78, 5) is 18.8. The highest BCUT2D eigenvalue weighted by atomic mass is 16.5. The number of para-hydroxylation sites is 2. The molecule has 7 nitrogen and oxygen atoms in total. The van der Waals surface area contributed by atoms with E-state index >= 15 is 0 Å². The smallest absolute Gasteiger partial charge is 0.241 e. The first-order valence-electron chi connectivity index (χ1n) is 10.3. The van der Waals surface area contributed by atoms with Gasteiger partial charge in [-0.15, -0.1) is 0 Å². The average molecular weight is 400 g/mol. The van der Waals surface area contributed by atoms with Crippen molar-refractivity contribution in [3.05, 3.63) is 65.7 Å². The van der Waals surface area contributed by atoms with E-state index in [1.807, 2.05) is 43.3 Å². The number of anilines is 1. The second kappa shape index (κ2) is 7.84. The Morgan fingerprint density at radius 2 is 1.53 bits per heavy atom. The molecule has 1 saturated heterocycles. The first-order valence-corrected chi connectivity index (χ1v) is 10.3. The standard InChI is InChI=1S/C23H24N6O/c1-16-7-9-18(10-8-16)22-26-21(30-27-22)15-28-11-13-29(14-12-28)23-17(2)24-19-5-3-4-6-20(19)25-23/h3-10H,11-15H2,1-2H3. The first kappa shape index (κ1) is 18.7. The Kier molecular flexibility index (Phi) is 4.88. The van der Waals surface area contributed by atoms with Crippen LogP contribution in [0.15, 0.2) is 53.1 Å². The quantitative estimate of drug-likeness (QED) is 0.518. The van der Waals surface area contributed by atoms with E-state index in [2.05, 4.69) is 39.0 Å². The van der Waals surface area contributed by atoms with Crippen LogP contribution in [0, 0.1) is 13.8 Å². The van der Waals surface area contributed by atoms with E-state index < -0.39 is 0 Å². The third-order valence-electron chi connectivity index (χ3n) is 5.53. The van der Waals surface area contributed by atoms with Gasteiger partial charge in [-0.05, 0) is 26.0 Å². The van der Waals surface area contributed by atoms with Crippen molar-refractivity contribution in [3.8, 4) is 11.4 Å². The van der Waals surface area contributed by atoms with Gasteiger partial charge in [0.15, 0.2) is 5.82 Å². The van der Waals surface area contributed by atoms with Crippen molar-refractivity contribution in [1.82, 2.24) is 25.0 Å². The van der Waals surface area contributed by atoms with Crippen molar-refractivity contribution in [2.24, 2.45) is 0 Å². The Hall–Kier alpha value is -3.32. The molecule has 5 rings (SSSR count). The summed E-state index contributed by atoms with van der Waals surface area (Å²) in [6.07, 6.45) is 0. The molecule has 2 aromatic heterocycles. The number of benzene rings is 2. The lowest BCUT2D eigenvalue weighted by Gasteiger charge is -2.35. The monoisotopic (exact) mass is 400 g/mol. The van der Waals surface area contributed by atoms with Crippen molar-refractivity contribution < 1.29 is 4.52 Å². The highest BCUT2D eigenvalue weighted by Gasteiger charge is 2.22. The number of rotatable bonds is 4. The number of fused-ring (bicyclic) bond motifs is 1. The van der Waals surface area contributed by atoms with Gasteiger partial charge in [-0.25, -0.2) is 9.97 Å². The number of aromatic nitrogens is 4. The summed E-state index contributed by atoms with van der Waals surface area (Å²) >= 11 is 0. The predicted molar refractivity (Wildman–Crippen MR) is 116 cm³/mol. The van der Waals surface area contributed by atoms with Gasteiger partial charge >= 0.3 is 0 Å². The van der Waals surface area contributed by atoms with Crippen LogP contribution >= 0.6 is 0 Å². The Balaban J connectivity index is 1.24. The summed E-state index contributed by atoms with van der Waals surface area (Å²) in [6.45, 7) is 8.38. The fourth-order valence-electron chi connectivity index (χ4n) is 3.83. The molecule has 0 atom stereocenters. The minimum Gasteiger partial charge on any atom is -0.353 e. The van der Waals surface area contributed by atoms with Crippen LogP contribution in [-0.4, -0.2) is 51.2 Å². The van der Waals surface area contributed by atoms with Crippen molar-refractivity contribution in [2.75, 3.05) is 31.1 Å². The second-order valence-corrected chi connectivity index (χ2v) is 7.76. The Morgan fingerprint density at radius 1 is 0.833 bits per heavy atom. The topological polar surface area (TPSA) is 71.2 Å². The van der Waals surface area contributed by atoms with Crippen molar-refractivity contribution in [1.29, 1.82) is 0 Å². The highest BCUT2D eigenvalue weighted by Crippen LogP contribution is 2.22. The zero-order valence-electron chi connectivity index (χ0n) is 17.2. The number of nitrogens with zero attached hydrogens (tertiary/aromatic N) is 6. The fourth-order valence-corrected chi connectivity index (χ4v) is 3.83. The lowest BCUT2D eigenvalue weighted by atomic mass is 10.1. The molecule has 0 aliphatic carbocycles. The molecule has 3 heterocycles. The zero-order chi connectivity index (χ0) is 20.5. The minimum absolute atomic E-state index is 0.644. The molecule has 7 heteroatoms. The van der Waals surface area contributed by atoms with Crippen LogP contribution in [0.4, 0.5) is 5.82 Å². The summed E-state index contributed by atoms with van der Waals surface area (Å²) in [5.41, 5.74) is 5.05. The maximum absolute atomic E-state index is 5.49. The van der Waals surface area contributed by atoms with Crippen LogP contribution in [0.25, 0.3) is 22.4 Å². The summed E-state index contributed by atoms with van der Waals surface area (Å²) in [6, 6.07) is 16.2. The number of hydrogen-bond acceptors (Lipinski definition) is 7. The van der Waals surface area contributed by atoms with Crippen molar-refractivity contribution in [3.63, 3.8) is 0 Å². The van der Waals surface area contributed by atoms with E-state index in [1.165, 1.54) is 5.56 Å². The van der Waals surface area contributed by atoms with Gasteiger partial charge < -0.3 is 9.42 Å². The molecule has 0 spiro atoms. The molecular formula is C23H24N6O. The summed E-state index contributed by atoms with van der Waals surface area (Å²) in [5, 5.41) is 4.14. The predicted octanol–water partition coefficient (Wildman–Crippen LogP) is 3.62. The Morgan fingerprint density at radius 3 is 2.27 bits per heavy atom. The largest absolute Gasteiger partial charge is 0.353 e. The van der Waals surface area contributed by atoms with E-state index in [9.17, 15) is 0 Å². The summed E-state index contributed by atoms with van der Waals surface area (Å²) in [5.74, 6) is 2.28. The Bertz CT molecular complexity index is 1160. The maximum atomic E-state index is 5.49. The lowest BCUT2D eigenvalue weighted by Crippen LogP contribution is -2.46. The number of hydrogen-bond donors (Lipinski definition) is 0. The van der Waals surface area contributed by atoms with Crippen molar-refractivity contribution >= 4 is 16.9 Å². The fraction of sp³-hybridized carbons (Fsp3) is 0.304. The zero-order valence-corrected chi connectivity index (χ0v) is 17.2.